The van der Waals surface area contributed by atoms with Crippen LogP contribution in [-0.2, 0) is 11.2 Å². The first kappa shape index (κ1) is 25.9. The maximum atomic E-state index is 13.8. The normalized spacial score (nSPS) is 16.7. The number of nitrogens with zero attached hydrogens (tertiary/aromatic N) is 1. The van der Waals surface area contributed by atoms with E-state index in [9.17, 15) is 17.7 Å². The molecule has 2 unspecified atom stereocenters. The van der Waals surface area contributed by atoms with Crippen LogP contribution in [0.25, 0.3) is 0 Å². The summed E-state index contributed by atoms with van der Waals surface area (Å²) in [4.78, 5) is 3.16. The van der Waals surface area contributed by atoms with Crippen molar-refractivity contribution in [1.82, 2.24) is 4.90 Å². The largest absolute Gasteiger partial charge is 0.611 e. The van der Waals surface area contributed by atoms with Gasteiger partial charge in [0.1, 0.15) is 11.6 Å². The molecule has 0 aromatic heterocycles. The van der Waals surface area contributed by atoms with Gasteiger partial charge in [0, 0.05) is 29.7 Å². The number of rotatable bonds is 9. The SMILES string of the molecule is [O-][S+](CCCN1CCC(C(Nc2ccc(F)c(F)c2)c2ccc(F)cc2)CC1)c1ccc(Cl)cc1. The molecule has 3 nitrogen and oxygen atoms in total. The van der Waals surface area contributed by atoms with Gasteiger partial charge in [-0.1, -0.05) is 23.7 Å². The zero-order valence-corrected chi connectivity index (χ0v) is 20.8. The van der Waals surface area contributed by atoms with Crippen molar-refractivity contribution in [2.24, 2.45) is 5.92 Å². The fraction of sp³-hybridized carbons (Fsp3) is 0.333. The molecule has 8 heteroatoms. The molecule has 0 amide bonds. The molecule has 1 fully saturated rings. The van der Waals surface area contributed by atoms with Crippen molar-refractivity contribution in [2.45, 2.75) is 30.2 Å². The van der Waals surface area contributed by atoms with Gasteiger partial charge in [0.05, 0.1) is 6.04 Å². The molecular formula is C27H28ClF3N2OS. The Morgan fingerprint density at radius 1 is 0.943 bits per heavy atom. The van der Waals surface area contributed by atoms with E-state index in [4.69, 9.17) is 11.6 Å². The van der Waals surface area contributed by atoms with E-state index in [1.807, 2.05) is 0 Å². The molecule has 1 aliphatic heterocycles. The number of nitrogens with one attached hydrogen (secondary N) is 1. The van der Waals surface area contributed by atoms with Crippen LogP contribution in [0.15, 0.2) is 71.6 Å². The molecule has 0 spiro atoms. The minimum Gasteiger partial charge on any atom is -0.611 e. The Labute approximate surface area is 212 Å². The second kappa shape index (κ2) is 12.2. The summed E-state index contributed by atoms with van der Waals surface area (Å²) in [5.74, 6) is -1.27. The van der Waals surface area contributed by atoms with Gasteiger partial charge in [-0.15, -0.1) is 0 Å². The standard InChI is InChI=1S/C27H28ClF3N2OS/c28-21-4-9-24(10-5-21)35(34)17-1-14-33-15-12-20(13-16-33)27(19-2-6-22(29)7-3-19)32-23-8-11-25(30)26(31)18-23/h2-11,18,20,27,32H,1,12-17H2. The predicted octanol–water partition coefficient (Wildman–Crippen LogP) is 6.82. The lowest BCUT2D eigenvalue weighted by molar-refractivity contribution is 0.173. The van der Waals surface area contributed by atoms with Gasteiger partial charge in [-0.05, 0) is 97.1 Å². The van der Waals surface area contributed by atoms with Gasteiger partial charge >= 0.3 is 0 Å². The first-order valence-corrected chi connectivity index (χ1v) is 13.4. The smallest absolute Gasteiger partial charge is 0.160 e. The molecule has 0 bridgehead atoms. The van der Waals surface area contributed by atoms with Crippen molar-refractivity contribution in [3.8, 4) is 0 Å². The van der Waals surface area contributed by atoms with Crippen LogP contribution in [-0.4, -0.2) is 34.8 Å². The van der Waals surface area contributed by atoms with Crippen LogP contribution in [0.5, 0.6) is 0 Å². The molecule has 186 valence electrons. The molecule has 3 aromatic rings. The van der Waals surface area contributed by atoms with Crippen LogP contribution in [0.2, 0.25) is 5.02 Å². The minimum atomic E-state index is -1.05. The van der Waals surface area contributed by atoms with Crippen LogP contribution < -0.4 is 5.32 Å². The Kier molecular flexibility index (Phi) is 9.00. The van der Waals surface area contributed by atoms with E-state index in [0.29, 0.717) is 16.5 Å². The monoisotopic (exact) mass is 520 g/mol. The molecule has 1 saturated heterocycles. The lowest BCUT2D eigenvalue weighted by atomic mass is 9.85. The molecule has 1 aliphatic rings. The van der Waals surface area contributed by atoms with E-state index in [-0.39, 0.29) is 17.8 Å². The minimum absolute atomic E-state index is 0.153. The van der Waals surface area contributed by atoms with E-state index in [1.54, 1.807) is 36.4 Å². The van der Waals surface area contributed by atoms with Crippen molar-refractivity contribution in [3.05, 3.63) is 94.8 Å². The lowest BCUT2D eigenvalue weighted by Gasteiger charge is -2.37. The Hall–Kier alpha value is -2.19. The van der Waals surface area contributed by atoms with Crippen LogP contribution in [0.3, 0.4) is 0 Å². The molecule has 35 heavy (non-hydrogen) atoms. The number of piperidine rings is 1. The molecule has 3 aromatic carbocycles. The Balaban J connectivity index is 1.33. The van der Waals surface area contributed by atoms with Gasteiger partial charge in [-0.3, -0.25) is 0 Å². The summed E-state index contributed by atoms with van der Waals surface area (Å²) < 4.78 is 53.2. The maximum Gasteiger partial charge on any atom is 0.160 e. The van der Waals surface area contributed by atoms with Gasteiger partial charge < -0.3 is 14.8 Å². The molecule has 1 N–H and O–H groups in total. The average Bonchev–Trinajstić information content (AvgIpc) is 2.86. The second-order valence-electron chi connectivity index (χ2n) is 8.84. The molecule has 4 rings (SSSR count). The highest BCUT2D eigenvalue weighted by atomic mass is 35.5. The van der Waals surface area contributed by atoms with Crippen molar-refractivity contribution in [1.29, 1.82) is 0 Å². The highest BCUT2D eigenvalue weighted by molar-refractivity contribution is 7.91. The van der Waals surface area contributed by atoms with Crippen LogP contribution in [0, 0.1) is 23.4 Å². The second-order valence-corrected chi connectivity index (χ2v) is 10.8. The van der Waals surface area contributed by atoms with E-state index in [0.717, 1.165) is 61.5 Å². The summed E-state index contributed by atoms with van der Waals surface area (Å²) in [6.07, 6.45) is 2.63. The summed E-state index contributed by atoms with van der Waals surface area (Å²) in [6.45, 7) is 2.63. The van der Waals surface area contributed by atoms with Gasteiger partial charge in [0.2, 0.25) is 0 Å². The number of likely N-dealkylation sites (tertiary alicyclic amines) is 1. The van der Waals surface area contributed by atoms with Crippen molar-refractivity contribution < 1.29 is 17.7 Å². The van der Waals surface area contributed by atoms with Gasteiger partial charge in [-0.2, -0.15) is 0 Å². The first-order valence-electron chi connectivity index (χ1n) is 11.7. The van der Waals surface area contributed by atoms with Crippen molar-refractivity contribution in [3.63, 3.8) is 0 Å². The Morgan fingerprint density at radius 3 is 2.29 bits per heavy atom. The van der Waals surface area contributed by atoms with Crippen LogP contribution in [0.4, 0.5) is 18.9 Å². The van der Waals surface area contributed by atoms with Gasteiger partial charge in [0.15, 0.2) is 16.5 Å². The summed E-state index contributed by atoms with van der Waals surface area (Å²) in [5.41, 5.74) is 1.40. The maximum absolute atomic E-state index is 13.8. The number of anilines is 1. The Bertz CT molecular complexity index is 1090. The molecule has 0 radical (unpaired) electrons. The topological polar surface area (TPSA) is 38.3 Å². The van der Waals surface area contributed by atoms with E-state index >= 15 is 0 Å². The number of hydrogen-bond acceptors (Lipinski definition) is 3. The van der Waals surface area contributed by atoms with E-state index in [1.165, 1.54) is 18.2 Å². The number of benzene rings is 3. The molecule has 2 atom stereocenters. The summed E-state index contributed by atoms with van der Waals surface area (Å²) in [6, 6.07) is 17.1. The zero-order valence-electron chi connectivity index (χ0n) is 19.2. The molecule has 0 aliphatic carbocycles. The highest BCUT2D eigenvalue weighted by Gasteiger charge is 2.28. The van der Waals surface area contributed by atoms with E-state index in [2.05, 4.69) is 10.2 Å². The molecule has 0 saturated carbocycles. The molecule has 1 heterocycles. The summed E-state index contributed by atoms with van der Waals surface area (Å²) in [7, 11) is 0. The number of halogens is 4. The van der Waals surface area contributed by atoms with E-state index < -0.39 is 22.8 Å². The fourth-order valence-corrected chi connectivity index (χ4v) is 5.73. The Morgan fingerprint density at radius 2 is 1.63 bits per heavy atom. The third-order valence-electron chi connectivity index (χ3n) is 6.46. The van der Waals surface area contributed by atoms with Crippen LogP contribution >= 0.6 is 11.6 Å². The molecular weight excluding hydrogens is 493 g/mol. The number of hydrogen-bond donors (Lipinski definition) is 1. The third kappa shape index (κ3) is 7.17. The average molecular weight is 521 g/mol. The lowest BCUT2D eigenvalue weighted by Crippen LogP contribution is -2.38. The van der Waals surface area contributed by atoms with Crippen molar-refractivity contribution in [2.75, 3.05) is 30.7 Å². The first-order chi connectivity index (χ1) is 16.9. The zero-order chi connectivity index (χ0) is 24.8. The van der Waals surface area contributed by atoms with Gasteiger partial charge in [0.25, 0.3) is 0 Å². The fourth-order valence-electron chi connectivity index (χ4n) is 4.54. The van der Waals surface area contributed by atoms with Crippen LogP contribution in [0.1, 0.15) is 30.9 Å². The third-order valence-corrected chi connectivity index (χ3v) is 8.16. The van der Waals surface area contributed by atoms with Gasteiger partial charge in [-0.25, -0.2) is 13.2 Å². The predicted molar refractivity (Wildman–Crippen MR) is 136 cm³/mol. The summed E-state index contributed by atoms with van der Waals surface area (Å²) >= 11 is 4.86. The highest BCUT2D eigenvalue weighted by Crippen LogP contribution is 2.34. The van der Waals surface area contributed by atoms with Crippen molar-refractivity contribution >= 4 is 28.5 Å². The summed E-state index contributed by atoms with van der Waals surface area (Å²) in [5, 5.41) is 3.98. The quantitative estimate of drug-likeness (QED) is 0.315.